The summed E-state index contributed by atoms with van der Waals surface area (Å²) >= 11 is 0. The molecule has 3 rings (SSSR count). The zero-order valence-corrected chi connectivity index (χ0v) is 11.0. The van der Waals surface area contributed by atoms with E-state index < -0.39 is 0 Å². The molecule has 0 unspecified atom stereocenters. The van der Waals surface area contributed by atoms with Crippen LogP contribution in [0, 0.1) is 11.3 Å². The Labute approximate surface area is 118 Å². The van der Waals surface area contributed by atoms with Crippen LogP contribution < -0.4 is 0 Å². The summed E-state index contributed by atoms with van der Waals surface area (Å²) in [5.41, 5.74) is 4.39. The fourth-order valence-corrected chi connectivity index (χ4v) is 2.51. The molecule has 20 heavy (non-hydrogen) atoms. The molecule has 1 aliphatic carbocycles. The zero-order valence-electron chi connectivity index (χ0n) is 11.0. The summed E-state index contributed by atoms with van der Waals surface area (Å²) in [6, 6.07) is 17.2. The Morgan fingerprint density at radius 3 is 2.50 bits per heavy atom. The van der Waals surface area contributed by atoms with Gasteiger partial charge in [-0.2, -0.15) is 5.26 Å². The van der Waals surface area contributed by atoms with E-state index in [9.17, 15) is 4.79 Å². The molecule has 0 aromatic heterocycles. The molecule has 0 saturated carbocycles. The highest BCUT2D eigenvalue weighted by molar-refractivity contribution is 6.13. The summed E-state index contributed by atoms with van der Waals surface area (Å²) in [5, 5.41) is 8.78. The lowest BCUT2D eigenvalue weighted by Crippen LogP contribution is -2.13. The van der Waals surface area contributed by atoms with Crippen LogP contribution in [0.25, 0.3) is 6.08 Å². The Hall–Kier alpha value is -2.66. The number of fused-ring (bicyclic) bond motifs is 1. The van der Waals surface area contributed by atoms with Crippen molar-refractivity contribution >= 4 is 11.9 Å². The van der Waals surface area contributed by atoms with Crippen molar-refractivity contribution in [1.29, 1.82) is 5.26 Å². The molecule has 0 fully saturated rings. The minimum absolute atomic E-state index is 0.121. The molecule has 0 atom stereocenters. The topological polar surface area (TPSA) is 40.9 Å². The van der Waals surface area contributed by atoms with Crippen LogP contribution in [-0.4, -0.2) is 5.78 Å². The summed E-state index contributed by atoms with van der Waals surface area (Å²) in [4.78, 5) is 12.4. The molecule has 0 aliphatic heterocycles. The lowest BCUT2D eigenvalue weighted by atomic mass is 9.86. The van der Waals surface area contributed by atoms with E-state index in [1.807, 2.05) is 42.5 Å². The predicted molar refractivity (Wildman–Crippen MR) is 78.2 cm³/mol. The van der Waals surface area contributed by atoms with Gasteiger partial charge in [0.05, 0.1) is 11.6 Å². The first-order chi connectivity index (χ1) is 9.78. The molecule has 2 nitrogen and oxygen atoms in total. The Morgan fingerprint density at radius 2 is 1.75 bits per heavy atom. The number of carbonyl (C=O) groups excluding carboxylic acids is 1. The molecule has 2 aromatic carbocycles. The van der Waals surface area contributed by atoms with Crippen molar-refractivity contribution in [3.63, 3.8) is 0 Å². The van der Waals surface area contributed by atoms with Crippen molar-refractivity contribution < 1.29 is 4.79 Å². The first kappa shape index (κ1) is 12.4. The van der Waals surface area contributed by atoms with Crippen LogP contribution in [0.15, 0.2) is 54.1 Å². The quantitative estimate of drug-likeness (QED) is 0.731. The van der Waals surface area contributed by atoms with Gasteiger partial charge >= 0.3 is 0 Å². The van der Waals surface area contributed by atoms with Gasteiger partial charge in [0.1, 0.15) is 0 Å². The Bertz CT molecular complexity index is 733. The number of nitriles is 1. The number of nitrogens with zero attached hydrogens (tertiary/aromatic N) is 1. The number of aryl methyl sites for hydroxylation is 1. The van der Waals surface area contributed by atoms with Gasteiger partial charge in [-0.05, 0) is 42.2 Å². The van der Waals surface area contributed by atoms with E-state index in [0.29, 0.717) is 5.56 Å². The van der Waals surface area contributed by atoms with Crippen LogP contribution >= 0.6 is 0 Å². The Morgan fingerprint density at radius 1 is 1.00 bits per heavy atom. The second-order valence-electron chi connectivity index (χ2n) is 4.89. The van der Waals surface area contributed by atoms with E-state index in [2.05, 4.69) is 6.07 Å². The minimum Gasteiger partial charge on any atom is -0.289 e. The van der Waals surface area contributed by atoms with Gasteiger partial charge in [0, 0.05) is 11.1 Å². The smallest absolute Gasteiger partial charge is 0.189 e. The van der Waals surface area contributed by atoms with E-state index in [1.165, 1.54) is 0 Å². The highest BCUT2D eigenvalue weighted by Crippen LogP contribution is 2.26. The largest absolute Gasteiger partial charge is 0.289 e. The monoisotopic (exact) mass is 259 g/mol. The molecule has 0 spiro atoms. The summed E-state index contributed by atoms with van der Waals surface area (Å²) < 4.78 is 0. The summed E-state index contributed by atoms with van der Waals surface area (Å²) in [6.07, 6.45) is 3.61. The van der Waals surface area contributed by atoms with E-state index >= 15 is 0 Å². The maximum atomic E-state index is 12.4. The molecule has 1 aliphatic rings. The van der Waals surface area contributed by atoms with Crippen LogP contribution in [0.2, 0.25) is 0 Å². The number of rotatable bonds is 1. The molecule has 0 N–H and O–H groups in total. The second kappa shape index (κ2) is 5.14. The van der Waals surface area contributed by atoms with E-state index in [-0.39, 0.29) is 5.78 Å². The molecule has 2 aromatic rings. The molecule has 0 bridgehead atoms. The van der Waals surface area contributed by atoms with Crippen molar-refractivity contribution in [1.82, 2.24) is 0 Å². The summed E-state index contributed by atoms with van der Waals surface area (Å²) in [6.45, 7) is 0. The van der Waals surface area contributed by atoms with Gasteiger partial charge in [0.25, 0.3) is 0 Å². The lowest BCUT2D eigenvalue weighted by molar-refractivity contribution is 0.102. The number of hydrogen-bond donors (Lipinski definition) is 0. The average molecular weight is 259 g/mol. The SMILES string of the molecule is N#Cc1ccc(C=C2CCc3ccccc3C2=O)cc1. The van der Waals surface area contributed by atoms with Crippen LogP contribution in [0.1, 0.15) is 33.5 Å². The van der Waals surface area contributed by atoms with Gasteiger partial charge in [-0.3, -0.25) is 4.79 Å². The van der Waals surface area contributed by atoms with E-state index in [0.717, 1.165) is 35.1 Å². The molecule has 0 radical (unpaired) electrons. The molecule has 2 heteroatoms. The van der Waals surface area contributed by atoms with Crippen molar-refractivity contribution in [2.24, 2.45) is 0 Å². The summed E-state index contributed by atoms with van der Waals surface area (Å²) in [5.74, 6) is 0.121. The number of carbonyl (C=O) groups is 1. The Kier molecular flexibility index (Phi) is 3.18. The molecule has 96 valence electrons. The zero-order chi connectivity index (χ0) is 13.9. The van der Waals surface area contributed by atoms with Crippen LogP contribution in [0.5, 0.6) is 0 Å². The van der Waals surface area contributed by atoms with Gasteiger partial charge in [-0.15, -0.1) is 0 Å². The van der Waals surface area contributed by atoms with E-state index in [1.54, 1.807) is 12.1 Å². The predicted octanol–water partition coefficient (Wildman–Crippen LogP) is 3.77. The Balaban J connectivity index is 1.94. The second-order valence-corrected chi connectivity index (χ2v) is 4.89. The van der Waals surface area contributed by atoms with Crippen LogP contribution in [0.3, 0.4) is 0 Å². The third-order valence-electron chi connectivity index (χ3n) is 3.60. The van der Waals surface area contributed by atoms with Gasteiger partial charge < -0.3 is 0 Å². The van der Waals surface area contributed by atoms with Crippen molar-refractivity contribution in [3.05, 3.63) is 76.4 Å². The van der Waals surface area contributed by atoms with Gasteiger partial charge in [-0.1, -0.05) is 36.4 Å². The number of allylic oxidation sites excluding steroid dienone is 1. The lowest BCUT2D eigenvalue weighted by Gasteiger charge is -2.17. The maximum Gasteiger partial charge on any atom is 0.189 e. The molecule has 0 heterocycles. The minimum atomic E-state index is 0.121. The van der Waals surface area contributed by atoms with Crippen molar-refractivity contribution in [2.45, 2.75) is 12.8 Å². The third kappa shape index (κ3) is 2.26. The first-order valence-electron chi connectivity index (χ1n) is 6.61. The molecular formula is C18H13NO. The van der Waals surface area contributed by atoms with Crippen molar-refractivity contribution in [3.8, 4) is 6.07 Å². The highest BCUT2D eigenvalue weighted by atomic mass is 16.1. The molecule has 0 amide bonds. The maximum absolute atomic E-state index is 12.4. The fourth-order valence-electron chi connectivity index (χ4n) is 2.51. The number of benzene rings is 2. The van der Waals surface area contributed by atoms with Crippen LogP contribution in [-0.2, 0) is 6.42 Å². The van der Waals surface area contributed by atoms with Gasteiger partial charge in [-0.25, -0.2) is 0 Å². The van der Waals surface area contributed by atoms with Gasteiger partial charge in [0.2, 0.25) is 0 Å². The average Bonchev–Trinajstić information content (AvgIpc) is 2.51. The number of Topliss-reactive ketones (excluding diaryl/α,β-unsaturated/α-hetero) is 1. The van der Waals surface area contributed by atoms with Crippen molar-refractivity contribution in [2.75, 3.05) is 0 Å². The first-order valence-corrected chi connectivity index (χ1v) is 6.61. The highest BCUT2D eigenvalue weighted by Gasteiger charge is 2.20. The summed E-state index contributed by atoms with van der Waals surface area (Å²) in [7, 11) is 0. The fraction of sp³-hybridized carbons (Fsp3) is 0.111. The normalized spacial score (nSPS) is 15.8. The van der Waals surface area contributed by atoms with E-state index in [4.69, 9.17) is 5.26 Å². The standard InChI is InChI=1S/C18H13NO/c19-12-14-7-5-13(6-8-14)11-16-10-9-15-3-1-2-4-17(15)18(16)20/h1-8,11H,9-10H2. The number of ketones is 1. The van der Waals surface area contributed by atoms with Crippen LogP contribution in [0.4, 0.5) is 0 Å². The van der Waals surface area contributed by atoms with Gasteiger partial charge in [0.15, 0.2) is 5.78 Å². The molecule has 0 saturated heterocycles. The third-order valence-corrected chi connectivity index (χ3v) is 3.60. The number of hydrogen-bond acceptors (Lipinski definition) is 2. The molecular weight excluding hydrogens is 246 g/mol.